The molecule has 4 heteroatoms. The minimum Gasteiger partial charge on any atom is -0.309 e. The number of hydrogen-bond acceptors (Lipinski definition) is 4. The van der Waals surface area contributed by atoms with Crippen molar-refractivity contribution in [3.63, 3.8) is 0 Å². The maximum absolute atomic E-state index is 3.82. The molecule has 4 nitrogen and oxygen atoms in total. The van der Waals surface area contributed by atoms with Gasteiger partial charge < -0.3 is 15.5 Å². The number of likely N-dealkylation sites (tertiary alicyclic amines) is 1. The lowest BCUT2D eigenvalue weighted by Crippen LogP contribution is -2.55. The molecule has 1 aliphatic carbocycles. The van der Waals surface area contributed by atoms with Crippen LogP contribution in [0.4, 0.5) is 0 Å². The molecule has 1 spiro atoms. The number of rotatable bonds is 3. The van der Waals surface area contributed by atoms with E-state index < -0.39 is 0 Å². The Morgan fingerprint density at radius 2 is 2.00 bits per heavy atom. The van der Waals surface area contributed by atoms with Gasteiger partial charge in [0.1, 0.15) is 0 Å². The Morgan fingerprint density at radius 1 is 1.25 bits per heavy atom. The fourth-order valence-corrected chi connectivity index (χ4v) is 4.96. The summed E-state index contributed by atoms with van der Waals surface area (Å²) >= 11 is 0. The van der Waals surface area contributed by atoms with Crippen molar-refractivity contribution >= 4 is 0 Å². The molecule has 4 rings (SSSR count). The lowest BCUT2D eigenvalue weighted by Gasteiger charge is -2.38. The van der Waals surface area contributed by atoms with Crippen molar-refractivity contribution in [1.29, 1.82) is 0 Å². The highest BCUT2D eigenvalue weighted by atomic mass is 15.3. The maximum atomic E-state index is 3.82. The quantitative estimate of drug-likeness (QED) is 0.787. The topological polar surface area (TPSA) is 30.5 Å². The molecule has 2 N–H and O–H groups in total. The largest absolute Gasteiger partial charge is 0.309 e. The molecular formula is C16H30N4. The normalized spacial score (nSPS) is 46.8. The van der Waals surface area contributed by atoms with Gasteiger partial charge in [-0.05, 0) is 45.6 Å². The second kappa shape index (κ2) is 4.94. The third-order valence-corrected chi connectivity index (χ3v) is 6.25. The molecule has 3 heterocycles. The lowest BCUT2D eigenvalue weighted by molar-refractivity contribution is 0.132. The molecular weight excluding hydrogens is 248 g/mol. The average Bonchev–Trinajstić information content (AvgIpc) is 2.93. The minimum absolute atomic E-state index is 0.480. The summed E-state index contributed by atoms with van der Waals surface area (Å²) in [6.07, 6.45) is 5.59. The molecule has 1 saturated carbocycles. The van der Waals surface area contributed by atoms with E-state index in [9.17, 15) is 0 Å². The van der Waals surface area contributed by atoms with Crippen LogP contribution in [0.25, 0.3) is 0 Å². The van der Waals surface area contributed by atoms with Crippen LogP contribution in [0, 0.1) is 5.92 Å². The van der Waals surface area contributed by atoms with Crippen LogP contribution in [0.15, 0.2) is 0 Å². The van der Waals surface area contributed by atoms with Crippen molar-refractivity contribution < 1.29 is 0 Å². The molecule has 0 aromatic rings. The summed E-state index contributed by atoms with van der Waals surface area (Å²) in [7, 11) is 2.27. The zero-order valence-electron chi connectivity index (χ0n) is 13.1. The number of hydrogen-bond donors (Lipinski definition) is 2. The molecule has 3 aliphatic heterocycles. The zero-order chi connectivity index (χ0) is 13.7. The highest BCUT2D eigenvalue weighted by Crippen LogP contribution is 2.48. The molecule has 5 atom stereocenters. The zero-order valence-corrected chi connectivity index (χ0v) is 13.1. The van der Waals surface area contributed by atoms with Crippen LogP contribution < -0.4 is 10.6 Å². The van der Waals surface area contributed by atoms with Gasteiger partial charge in [-0.3, -0.25) is 4.90 Å². The maximum Gasteiger partial charge on any atom is 0.0342 e. The first-order chi connectivity index (χ1) is 9.64. The summed E-state index contributed by atoms with van der Waals surface area (Å²) in [5.41, 5.74) is 0.480. The van der Waals surface area contributed by atoms with E-state index in [4.69, 9.17) is 0 Å². The first-order valence-corrected chi connectivity index (χ1v) is 8.58. The lowest BCUT2D eigenvalue weighted by atomic mass is 10.0. The molecule has 4 aliphatic rings. The van der Waals surface area contributed by atoms with E-state index >= 15 is 0 Å². The van der Waals surface area contributed by atoms with E-state index in [0.717, 1.165) is 24.0 Å². The van der Waals surface area contributed by atoms with Crippen LogP contribution >= 0.6 is 0 Å². The molecule has 5 unspecified atom stereocenters. The Bertz CT molecular complexity index is 361. The highest BCUT2D eigenvalue weighted by Gasteiger charge is 2.55. The van der Waals surface area contributed by atoms with Gasteiger partial charge in [0.05, 0.1) is 0 Å². The van der Waals surface area contributed by atoms with E-state index in [-0.39, 0.29) is 0 Å². The van der Waals surface area contributed by atoms with E-state index in [0.29, 0.717) is 5.54 Å². The standard InChI is InChI=1S/C16H30N4/c1-12(20-9-14-3-4-15(10-20)18-14)7-13-8-16(13)11-19(2)6-5-17-16/h12-15,17-18H,3-11H2,1-2H3. The highest BCUT2D eigenvalue weighted by molar-refractivity contribution is 5.14. The molecule has 0 radical (unpaired) electrons. The summed E-state index contributed by atoms with van der Waals surface area (Å²) in [5.74, 6) is 0.910. The molecule has 0 aromatic carbocycles. The van der Waals surface area contributed by atoms with Gasteiger partial charge in [0.2, 0.25) is 0 Å². The Hall–Kier alpha value is -0.160. The van der Waals surface area contributed by atoms with Gasteiger partial charge in [0.25, 0.3) is 0 Å². The van der Waals surface area contributed by atoms with Crippen molar-refractivity contribution in [2.24, 2.45) is 5.92 Å². The van der Waals surface area contributed by atoms with Crippen LogP contribution in [0.2, 0.25) is 0 Å². The van der Waals surface area contributed by atoms with Crippen LogP contribution in [0.3, 0.4) is 0 Å². The van der Waals surface area contributed by atoms with E-state index in [1.807, 2.05) is 0 Å². The third-order valence-electron chi connectivity index (χ3n) is 6.25. The molecule has 20 heavy (non-hydrogen) atoms. The van der Waals surface area contributed by atoms with Gasteiger partial charge in [-0.1, -0.05) is 0 Å². The number of piperazine rings is 2. The number of nitrogens with zero attached hydrogens (tertiary/aromatic N) is 2. The molecule has 114 valence electrons. The summed E-state index contributed by atoms with van der Waals surface area (Å²) in [6, 6.07) is 2.32. The smallest absolute Gasteiger partial charge is 0.0342 e. The Labute approximate surface area is 123 Å². The number of fused-ring (bicyclic) bond motifs is 2. The molecule has 4 fully saturated rings. The fourth-order valence-electron chi connectivity index (χ4n) is 4.96. The van der Waals surface area contributed by atoms with E-state index in [1.165, 1.54) is 58.4 Å². The summed E-state index contributed by atoms with van der Waals surface area (Å²) < 4.78 is 0. The Kier molecular flexibility index (Phi) is 3.33. The summed E-state index contributed by atoms with van der Waals surface area (Å²) in [4.78, 5) is 5.27. The summed E-state index contributed by atoms with van der Waals surface area (Å²) in [5, 5.41) is 7.56. The predicted octanol–water partition coefficient (Wildman–Crippen LogP) is 0.495. The predicted molar refractivity (Wildman–Crippen MR) is 81.9 cm³/mol. The van der Waals surface area contributed by atoms with Crippen molar-refractivity contribution in [2.45, 2.75) is 56.3 Å². The molecule has 2 bridgehead atoms. The van der Waals surface area contributed by atoms with Gasteiger partial charge in [-0.2, -0.15) is 0 Å². The van der Waals surface area contributed by atoms with Crippen molar-refractivity contribution in [2.75, 3.05) is 39.8 Å². The minimum atomic E-state index is 0.480. The Morgan fingerprint density at radius 3 is 2.70 bits per heavy atom. The number of likely N-dealkylation sites (N-methyl/N-ethyl adjacent to an activating group) is 1. The average molecular weight is 278 g/mol. The first-order valence-electron chi connectivity index (χ1n) is 8.58. The van der Waals surface area contributed by atoms with Crippen molar-refractivity contribution in [3.05, 3.63) is 0 Å². The second-order valence-electron chi connectivity index (χ2n) is 7.90. The van der Waals surface area contributed by atoms with Crippen LogP contribution in [-0.2, 0) is 0 Å². The second-order valence-corrected chi connectivity index (χ2v) is 7.90. The van der Waals surface area contributed by atoms with Gasteiger partial charge in [-0.25, -0.2) is 0 Å². The van der Waals surface area contributed by atoms with E-state index in [2.05, 4.69) is 34.4 Å². The van der Waals surface area contributed by atoms with Gasteiger partial charge >= 0.3 is 0 Å². The van der Waals surface area contributed by atoms with Crippen LogP contribution in [0.1, 0.15) is 32.6 Å². The Balaban J connectivity index is 1.31. The van der Waals surface area contributed by atoms with Crippen LogP contribution in [0.5, 0.6) is 0 Å². The SMILES string of the molecule is CC(CC1CC12CN(C)CCN2)N1CC2CCC(C1)N2. The summed E-state index contributed by atoms with van der Waals surface area (Å²) in [6.45, 7) is 8.68. The molecule has 0 amide bonds. The first kappa shape index (κ1) is 13.5. The van der Waals surface area contributed by atoms with Crippen LogP contribution in [-0.4, -0.2) is 73.2 Å². The molecule has 3 saturated heterocycles. The van der Waals surface area contributed by atoms with Gasteiger partial charge in [-0.15, -0.1) is 0 Å². The van der Waals surface area contributed by atoms with Gasteiger partial charge in [0.15, 0.2) is 0 Å². The monoisotopic (exact) mass is 278 g/mol. The van der Waals surface area contributed by atoms with E-state index in [1.54, 1.807) is 0 Å². The van der Waals surface area contributed by atoms with Crippen molar-refractivity contribution in [3.8, 4) is 0 Å². The molecule has 0 aromatic heterocycles. The third kappa shape index (κ3) is 2.41. The van der Waals surface area contributed by atoms with Crippen molar-refractivity contribution in [1.82, 2.24) is 20.4 Å². The van der Waals surface area contributed by atoms with Gasteiger partial charge in [0, 0.05) is 56.4 Å². The number of nitrogens with one attached hydrogen (secondary N) is 2. The fraction of sp³-hybridized carbons (Fsp3) is 1.00.